The maximum atomic E-state index is 5.13. The Morgan fingerprint density at radius 1 is 1.26 bits per heavy atom. The molecule has 0 aromatic carbocycles. The molecule has 1 heterocycles. The average molecular weight is 264 g/mol. The molecule has 1 aliphatic carbocycles. The highest BCUT2D eigenvalue weighted by molar-refractivity contribution is 5.49. The lowest BCUT2D eigenvalue weighted by Crippen LogP contribution is -2.31. The molecule has 1 aliphatic rings. The summed E-state index contributed by atoms with van der Waals surface area (Å²) in [6, 6.07) is 1.98. The number of methoxy groups -OCH3 is 1. The van der Waals surface area contributed by atoms with Gasteiger partial charge in [0.2, 0.25) is 0 Å². The van der Waals surface area contributed by atoms with E-state index in [1.54, 1.807) is 7.11 Å². The van der Waals surface area contributed by atoms with Gasteiger partial charge < -0.3 is 15.4 Å². The summed E-state index contributed by atoms with van der Waals surface area (Å²) in [5.74, 6) is 2.46. The number of hydrogen-bond donors (Lipinski definition) is 2. The Morgan fingerprint density at radius 3 is 2.58 bits per heavy atom. The van der Waals surface area contributed by atoms with Gasteiger partial charge in [0.1, 0.15) is 18.2 Å². The summed E-state index contributed by atoms with van der Waals surface area (Å²) in [7, 11) is 1.66. The number of anilines is 2. The smallest absolute Gasteiger partial charge is 0.158 e. The van der Waals surface area contributed by atoms with Crippen LogP contribution in [0.3, 0.4) is 0 Å². The van der Waals surface area contributed by atoms with Gasteiger partial charge in [-0.1, -0.05) is 12.8 Å². The summed E-state index contributed by atoms with van der Waals surface area (Å²) in [5.41, 5.74) is 0.169. The van der Waals surface area contributed by atoms with Crippen LogP contribution in [0.2, 0.25) is 0 Å². The zero-order valence-electron chi connectivity index (χ0n) is 12.1. The molecular formula is C14H24N4O. The van der Waals surface area contributed by atoms with E-state index in [9.17, 15) is 0 Å². The molecule has 1 aromatic heterocycles. The van der Waals surface area contributed by atoms with Crippen molar-refractivity contribution >= 4 is 11.6 Å². The van der Waals surface area contributed by atoms with Crippen molar-refractivity contribution in [2.24, 2.45) is 0 Å². The van der Waals surface area contributed by atoms with E-state index in [1.165, 1.54) is 25.7 Å². The molecule has 2 rings (SSSR count). The van der Waals surface area contributed by atoms with Gasteiger partial charge in [-0.15, -0.1) is 0 Å². The van der Waals surface area contributed by atoms with Crippen LogP contribution < -0.4 is 10.6 Å². The molecule has 0 spiro atoms. The van der Waals surface area contributed by atoms with Crippen LogP contribution in [-0.2, 0) is 11.3 Å². The quantitative estimate of drug-likeness (QED) is 0.827. The first-order valence-corrected chi connectivity index (χ1v) is 7.04. The molecule has 5 heteroatoms. The fourth-order valence-corrected chi connectivity index (χ4v) is 2.62. The highest BCUT2D eigenvalue weighted by Crippen LogP contribution is 2.32. The van der Waals surface area contributed by atoms with E-state index < -0.39 is 0 Å². The van der Waals surface area contributed by atoms with Gasteiger partial charge in [0.25, 0.3) is 0 Å². The summed E-state index contributed by atoms with van der Waals surface area (Å²) in [4.78, 5) is 8.95. The van der Waals surface area contributed by atoms with E-state index in [1.807, 2.05) is 6.07 Å². The number of ether oxygens (including phenoxy) is 1. The number of nitrogens with zero attached hydrogens (tertiary/aromatic N) is 2. The molecule has 0 aliphatic heterocycles. The summed E-state index contributed by atoms with van der Waals surface area (Å²) in [6.07, 6.45) is 4.99. The summed E-state index contributed by atoms with van der Waals surface area (Å²) in [6.45, 7) is 5.61. The minimum Gasteiger partial charge on any atom is -0.377 e. The van der Waals surface area contributed by atoms with E-state index >= 15 is 0 Å². The Morgan fingerprint density at radius 2 is 1.95 bits per heavy atom. The Kier molecular flexibility index (Phi) is 4.58. The molecule has 1 aromatic rings. The minimum atomic E-state index is 0.169. The first-order chi connectivity index (χ1) is 9.15. The molecule has 5 nitrogen and oxygen atoms in total. The molecular weight excluding hydrogens is 240 g/mol. The number of nitrogens with one attached hydrogen (secondary N) is 2. The monoisotopic (exact) mass is 264 g/mol. The van der Waals surface area contributed by atoms with Crippen LogP contribution in [0.1, 0.15) is 45.4 Å². The second-order valence-electron chi connectivity index (χ2n) is 5.41. The lowest BCUT2D eigenvalue weighted by atomic mass is 10.0. The van der Waals surface area contributed by atoms with Crippen molar-refractivity contribution in [1.29, 1.82) is 0 Å². The van der Waals surface area contributed by atoms with Gasteiger partial charge in [-0.3, -0.25) is 0 Å². The Hall–Kier alpha value is -1.36. The average Bonchev–Trinajstić information content (AvgIpc) is 2.76. The van der Waals surface area contributed by atoms with Gasteiger partial charge in [-0.2, -0.15) is 0 Å². The van der Waals surface area contributed by atoms with E-state index in [0.717, 1.165) is 18.2 Å². The highest BCUT2D eigenvalue weighted by atomic mass is 16.5. The van der Waals surface area contributed by atoms with Crippen molar-refractivity contribution in [3.63, 3.8) is 0 Å². The second-order valence-corrected chi connectivity index (χ2v) is 5.41. The summed E-state index contributed by atoms with van der Waals surface area (Å²) in [5, 5.41) is 6.81. The maximum absolute atomic E-state index is 5.13. The number of hydrogen-bond acceptors (Lipinski definition) is 5. The number of aromatic nitrogens is 2. The fourth-order valence-electron chi connectivity index (χ4n) is 2.62. The van der Waals surface area contributed by atoms with E-state index in [-0.39, 0.29) is 5.54 Å². The third kappa shape index (κ3) is 3.80. The van der Waals surface area contributed by atoms with Crippen molar-refractivity contribution in [2.45, 2.75) is 51.7 Å². The third-order valence-corrected chi connectivity index (χ3v) is 3.54. The van der Waals surface area contributed by atoms with Gasteiger partial charge in [0.05, 0.1) is 0 Å². The molecule has 0 radical (unpaired) electrons. The Balaban J connectivity index is 2.17. The highest BCUT2D eigenvalue weighted by Gasteiger charge is 2.28. The third-order valence-electron chi connectivity index (χ3n) is 3.54. The molecule has 0 atom stereocenters. The largest absolute Gasteiger partial charge is 0.377 e. The molecule has 1 fully saturated rings. The van der Waals surface area contributed by atoms with Crippen molar-refractivity contribution in [2.75, 3.05) is 24.3 Å². The van der Waals surface area contributed by atoms with Crippen LogP contribution in [0.25, 0.3) is 0 Å². The standard InChI is InChI=1S/C14H24N4O/c1-4-15-11-9-12(17-13(16-11)10-19-3)18-14(2)7-5-6-8-14/h9H,4-8,10H2,1-3H3,(H2,15,16,17,18). The van der Waals surface area contributed by atoms with Gasteiger partial charge >= 0.3 is 0 Å². The molecule has 0 amide bonds. The van der Waals surface area contributed by atoms with Crippen LogP contribution in [-0.4, -0.2) is 29.2 Å². The van der Waals surface area contributed by atoms with Gasteiger partial charge in [0, 0.05) is 25.3 Å². The normalized spacial score (nSPS) is 17.4. The van der Waals surface area contributed by atoms with Gasteiger partial charge in [-0.25, -0.2) is 9.97 Å². The van der Waals surface area contributed by atoms with E-state index in [0.29, 0.717) is 12.4 Å². The summed E-state index contributed by atoms with van der Waals surface area (Å²) < 4.78 is 5.13. The van der Waals surface area contributed by atoms with Crippen molar-refractivity contribution in [3.05, 3.63) is 11.9 Å². The first kappa shape index (κ1) is 14.1. The zero-order valence-corrected chi connectivity index (χ0v) is 12.1. The molecule has 19 heavy (non-hydrogen) atoms. The fraction of sp³-hybridized carbons (Fsp3) is 0.714. The maximum Gasteiger partial charge on any atom is 0.158 e. The van der Waals surface area contributed by atoms with Crippen LogP contribution in [0, 0.1) is 0 Å². The first-order valence-electron chi connectivity index (χ1n) is 7.04. The topological polar surface area (TPSA) is 59.1 Å². The second kappa shape index (κ2) is 6.19. The Bertz CT molecular complexity index is 392. The molecule has 1 saturated carbocycles. The Labute approximate surface area is 115 Å². The minimum absolute atomic E-state index is 0.169. The lowest BCUT2D eigenvalue weighted by Gasteiger charge is -2.26. The van der Waals surface area contributed by atoms with Crippen molar-refractivity contribution in [3.8, 4) is 0 Å². The molecule has 0 bridgehead atoms. The van der Waals surface area contributed by atoms with Crippen molar-refractivity contribution < 1.29 is 4.74 Å². The van der Waals surface area contributed by atoms with Crippen LogP contribution in [0.5, 0.6) is 0 Å². The summed E-state index contributed by atoms with van der Waals surface area (Å²) >= 11 is 0. The van der Waals surface area contributed by atoms with Crippen molar-refractivity contribution in [1.82, 2.24) is 9.97 Å². The van der Waals surface area contributed by atoms with Gasteiger partial charge in [-0.05, 0) is 26.7 Å². The van der Waals surface area contributed by atoms with E-state index in [2.05, 4.69) is 34.4 Å². The van der Waals surface area contributed by atoms with Crippen LogP contribution >= 0.6 is 0 Å². The van der Waals surface area contributed by atoms with Gasteiger partial charge in [0.15, 0.2) is 5.82 Å². The predicted octanol–water partition coefficient (Wildman–Crippen LogP) is 2.80. The lowest BCUT2D eigenvalue weighted by molar-refractivity contribution is 0.178. The molecule has 2 N–H and O–H groups in total. The molecule has 106 valence electrons. The number of rotatable bonds is 6. The molecule has 0 unspecified atom stereocenters. The molecule has 0 saturated heterocycles. The van der Waals surface area contributed by atoms with E-state index in [4.69, 9.17) is 4.74 Å². The van der Waals surface area contributed by atoms with Crippen LogP contribution in [0.4, 0.5) is 11.6 Å². The predicted molar refractivity (Wildman–Crippen MR) is 77.4 cm³/mol. The zero-order chi connectivity index (χ0) is 13.7. The van der Waals surface area contributed by atoms with Crippen LogP contribution in [0.15, 0.2) is 6.07 Å². The SMILES string of the molecule is CCNc1cc(NC2(C)CCCC2)nc(COC)n1.